The van der Waals surface area contributed by atoms with Gasteiger partial charge in [-0.2, -0.15) is 0 Å². The van der Waals surface area contributed by atoms with E-state index in [1.54, 1.807) is 0 Å². The average molecular weight is 452 g/mol. The van der Waals surface area contributed by atoms with Crippen LogP contribution in [0.2, 0.25) is 0 Å². The van der Waals surface area contributed by atoms with Gasteiger partial charge in [-0.3, -0.25) is 9.59 Å². The van der Waals surface area contributed by atoms with Gasteiger partial charge in [0.1, 0.15) is 5.82 Å². The Hall–Kier alpha value is -2.87. The first kappa shape index (κ1) is 22.3. The van der Waals surface area contributed by atoms with Gasteiger partial charge in [0.2, 0.25) is 5.91 Å². The summed E-state index contributed by atoms with van der Waals surface area (Å²) in [6, 6.07) is 12.4. The Morgan fingerprint density at radius 2 is 1.84 bits per heavy atom. The fourth-order valence-corrected chi connectivity index (χ4v) is 4.86. The van der Waals surface area contributed by atoms with Crippen LogP contribution < -0.4 is 5.73 Å². The highest BCUT2D eigenvalue weighted by Gasteiger charge is 2.30. The van der Waals surface area contributed by atoms with Crippen molar-refractivity contribution in [1.29, 1.82) is 0 Å². The fourth-order valence-electron chi connectivity index (χ4n) is 4.00. The molecular formula is C24H29N5O2S. The normalized spacial score (nSPS) is 13.4. The molecule has 2 heterocycles. The molecule has 0 unspecified atom stereocenters. The molecule has 32 heavy (non-hydrogen) atoms. The molecular weight excluding hydrogens is 422 g/mol. The molecule has 1 amide bonds. The molecule has 0 saturated heterocycles. The summed E-state index contributed by atoms with van der Waals surface area (Å²) in [7, 11) is 0. The van der Waals surface area contributed by atoms with Gasteiger partial charge in [-0.25, -0.2) is 0 Å². The molecule has 0 spiro atoms. The Morgan fingerprint density at radius 1 is 1.09 bits per heavy atom. The van der Waals surface area contributed by atoms with Crippen molar-refractivity contribution >= 4 is 23.5 Å². The lowest BCUT2D eigenvalue weighted by molar-refractivity contribution is -0.118. The molecule has 2 aromatic heterocycles. The maximum Gasteiger partial charge on any atom is 0.219 e. The number of amides is 1. The first-order valence-corrected chi connectivity index (χ1v) is 12.0. The number of rotatable bonds is 11. The molecule has 168 valence electrons. The van der Waals surface area contributed by atoms with Gasteiger partial charge in [-0.15, -0.1) is 10.2 Å². The van der Waals surface area contributed by atoms with Crippen molar-refractivity contribution in [2.45, 2.75) is 63.7 Å². The number of primary amides is 1. The lowest BCUT2D eigenvalue weighted by Gasteiger charge is -2.10. The third-order valence-corrected chi connectivity index (χ3v) is 6.91. The topological polar surface area (TPSA) is 95.8 Å². The number of nitrogens with zero attached hydrogens (tertiary/aromatic N) is 4. The van der Waals surface area contributed by atoms with E-state index in [4.69, 9.17) is 5.73 Å². The second kappa shape index (κ2) is 9.73. The SMILES string of the molecule is Cc1cc(C(=O)CSc2nnc(C3CC3)n2CCC(N)=O)c(C)n1CCc1ccccc1. The van der Waals surface area contributed by atoms with Crippen LogP contribution in [0.1, 0.15) is 58.3 Å². The van der Waals surface area contributed by atoms with E-state index >= 15 is 0 Å². The standard InChI is InChI=1S/C24H29N5O2S/c1-16-14-20(17(2)28(16)12-10-18-6-4-3-5-7-18)21(30)15-32-24-27-26-23(19-8-9-19)29(24)13-11-22(25)31/h3-7,14,19H,8-13,15H2,1-2H3,(H2,25,31). The van der Waals surface area contributed by atoms with Gasteiger partial charge in [0, 0.05) is 42.4 Å². The van der Waals surface area contributed by atoms with Crippen molar-refractivity contribution in [3.8, 4) is 0 Å². The highest BCUT2D eigenvalue weighted by atomic mass is 32.2. The van der Waals surface area contributed by atoms with Crippen LogP contribution in [0.3, 0.4) is 0 Å². The Labute approximate surface area is 192 Å². The predicted octanol–water partition coefficient (Wildman–Crippen LogP) is 3.67. The number of benzene rings is 1. The van der Waals surface area contributed by atoms with Crippen molar-refractivity contribution in [2.75, 3.05) is 5.75 Å². The quantitative estimate of drug-likeness (QED) is 0.354. The third kappa shape index (κ3) is 5.12. The molecule has 3 aromatic rings. The number of thioether (sulfide) groups is 1. The van der Waals surface area contributed by atoms with Gasteiger partial charge in [-0.05, 0) is 44.7 Å². The molecule has 7 nitrogen and oxygen atoms in total. The highest BCUT2D eigenvalue weighted by Crippen LogP contribution is 2.40. The van der Waals surface area contributed by atoms with Crippen molar-refractivity contribution in [2.24, 2.45) is 5.73 Å². The van der Waals surface area contributed by atoms with E-state index in [2.05, 4.69) is 26.9 Å². The van der Waals surface area contributed by atoms with Gasteiger partial charge < -0.3 is 14.9 Å². The molecule has 8 heteroatoms. The zero-order valence-electron chi connectivity index (χ0n) is 18.6. The second-order valence-electron chi connectivity index (χ2n) is 8.37. The van der Waals surface area contributed by atoms with Gasteiger partial charge in [-0.1, -0.05) is 42.1 Å². The summed E-state index contributed by atoms with van der Waals surface area (Å²) in [6.07, 6.45) is 3.34. The summed E-state index contributed by atoms with van der Waals surface area (Å²) < 4.78 is 4.18. The van der Waals surface area contributed by atoms with Crippen LogP contribution in [0.4, 0.5) is 0 Å². The van der Waals surface area contributed by atoms with Crippen LogP contribution in [0.5, 0.6) is 0 Å². The minimum Gasteiger partial charge on any atom is -0.370 e. The zero-order chi connectivity index (χ0) is 22.7. The van der Waals surface area contributed by atoms with Crippen LogP contribution in [-0.4, -0.2) is 36.8 Å². The van der Waals surface area contributed by atoms with E-state index in [1.807, 2.05) is 42.7 Å². The summed E-state index contributed by atoms with van der Waals surface area (Å²) in [5, 5.41) is 9.30. The van der Waals surface area contributed by atoms with E-state index in [0.29, 0.717) is 17.6 Å². The lowest BCUT2D eigenvalue weighted by Crippen LogP contribution is -2.16. The zero-order valence-corrected chi connectivity index (χ0v) is 19.4. The summed E-state index contributed by atoms with van der Waals surface area (Å²) in [4.78, 5) is 24.3. The average Bonchev–Trinajstić information content (AvgIpc) is 3.48. The number of carbonyl (C=O) groups excluding carboxylic acids is 2. The number of Topliss-reactive ketones (excluding diaryl/α,β-unsaturated/α-hetero) is 1. The van der Waals surface area contributed by atoms with Gasteiger partial charge in [0.15, 0.2) is 10.9 Å². The molecule has 0 radical (unpaired) electrons. The van der Waals surface area contributed by atoms with Crippen LogP contribution in [0, 0.1) is 13.8 Å². The maximum absolute atomic E-state index is 13.0. The summed E-state index contributed by atoms with van der Waals surface area (Å²) >= 11 is 1.38. The van der Waals surface area contributed by atoms with Crippen molar-refractivity contribution in [3.63, 3.8) is 0 Å². The molecule has 1 aliphatic rings. The van der Waals surface area contributed by atoms with Crippen LogP contribution in [0.25, 0.3) is 0 Å². The molecule has 0 bridgehead atoms. The molecule has 1 fully saturated rings. The Balaban J connectivity index is 1.43. The smallest absolute Gasteiger partial charge is 0.219 e. The van der Waals surface area contributed by atoms with Crippen LogP contribution in [0.15, 0.2) is 41.6 Å². The largest absolute Gasteiger partial charge is 0.370 e. The first-order valence-electron chi connectivity index (χ1n) is 11.0. The van der Waals surface area contributed by atoms with E-state index in [-0.39, 0.29) is 23.9 Å². The highest BCUT2D eigenvalue weighted by molar-refractivity contribution is 7.99. The monoisotopic (exact) mass is 451 g/mol. The molecule has 1 aliphatic carbocycles. The number of ketones is 1. The van der Waals surface area contributed by atoms with Gasteiger partial charge in [0.25, 0.3) is 0 Å². The number of hydrogen-bond acceptors (Lipinski definition) is 5. The number of carbonyl (C=O) groups is 2. The van der Waals surface area contributed by atoms with Crippen molar-refractivity contribution in [1.82, 2.24) is 19.3 Å². The molecule has 1 saturated carbocycles. The Morgan fingerprint density at radius 3 is 2.53 bits per heavy atom. The molecule has 0 atom stereocenters. The van der Waals surface area contributed by atoms with Crippen LogP contribution >= 0.6 is 11.8 Å². The number of hydrogen-bond donors (Lipinski definition) is 1. The number of aromatic nitrogens is 4. The number of aryl methyl sites for hydroxylation is 2. The van der Waals surface area contributed by atoms with E-state index in [1.165, 1.54) is 17.3 Å². The summed E-state index contributed by atoms with van der Waals surface area (Å²) in [6.45, 7) is 5.35. The summed E-state index contributed by atoms with van der Waals surface area (Å²) in [5.74, 6) is 1.31. The minimum atomic E-state index is -0.351. The molecule has 1 aromatic carbocycles. The fraction of sp³-hybridized carbons (Fsp3) is 0.417. The molecule has 0 aliphatic heterocycles. The Bertz CT molecular complexity index is 1120. The van der Waals surface area contributed by atoms with Crippen LogP contribution in [-0.2, 0) is 24.3 Å². The summed E-state index contributed by atoms with van der Waals surface area (Å²) in [5.41, 5.74) is 9.47. The van der Waals surface area contributed by atoms with Gasteiger partial charge >= 0.3 is 0 Å². The van der Waals surface area contributed by atoms with Gasteiger partial charge in [0.05, 0.1) is 5.75 Å². The molecule has 2 N–H and O–H groups in total. The predicted molar refractivity (Wildman–Crippen MR) is 125 cm³/mol. The lowest BCUT2D eigenvalue weighted by atomic mass is 10.1. The second-order valence-corrected chi connectivity index (χ2v) is 9.31. The Kier molecular flexibility index (Phi) is 6.79. The molecule has 4 rings (SSSR count). The van der Waals surface area contributed by atoms with E-state index < -0.39 is 0 Å². The van der Waals surface area contributed by atoms with E-state index in [9.17, 15) is 9.59 Å². The first-order chi connectivity index (χ1) is 15.4. The number of nitrogens with two attached hydrogens (primary N) is 1. The van der Waals surface area contributed by atoms with Crippen molar-refractivity contribution in [3.05, 3.63) is 64.7 Å². The minimum absolute atomic E-state index is 0.0754. The maximum atomic E-state index is 13.0. The van der Waals surface area contributed by atoms with Crippen molar-refractivity contribution < 1.29 is 9.59 Å². The van der Waals surface area contributed by atoms with E-state index in [0.717, 1.165) is 48.6 Å². The third-order valence-electron chi connectivity index (χ3n) is 5.94.